The van der Waals surface area contributed by atoms with Gasteiger partial charge in [0.05, 0.1) is 11.8 Å². The number of nitrogens with one attached hydrogen (secondary N) is 1. The number of aliphatic carboxylic acids is 2. The van der Waals surface area contributed by atoms with Crippen LogP contribution in [0.4, 0.5) is 19.0 Å². The predicted molar refractivity (Wildman–Crippen MR) is 73.1 cm³/mol. The number of aromatic amines is 1. The van der Waals surface area contributed by atoms with Crippen molar-refractivity contribution >= 4 is 28.8 Å². The molecule has 0 fully saturated rings. The Hall–Kier alpha value is -2.85. The van der Waals surface area contributed by atoms with Gasteiger partial charge in [0, 0.05) is 19.8 Å². The van der Waals surface area contributed by atoms with E-state index in [-0.39, 0.29) is 6.42 Å². The van der Waals surface area contributed by atoms with E-state index >= 15 is 0 Å². The van der Waals surface area contributed by atoms with E-state index in [1.165, 1.54) is 6.33 Å². The fourth-order valence-corrected chi connectivity index (χ4v) is 1.53. The van der Waals surface area contributed by atoms with E-state index in [2.05, 4.69) is 15.0 Å². The van der Waals surface area contributed by atoms with Crippen LogP contribution in [0, 0.1) is 0 Å². The molecule has 0 aliphatic rings. The van der Waals surface area contributed by atoms with E-state index in [0.29, 0.717) is 6.54 Å². The summed E-state index contributed by atoms with van der Waals surface area (Å²) in [6.07, 6.45) is -1.74. The van der Waals surface area contributed by atoms with Crippen LogP contribution in [0.3, 0.4) is 0 Å². The molecule has 2 rings (SSSR count). The van der Waals surface area contributed by atoms with Gasteiger partial charge in [0.25, 0.3) is 0 Å². The first-order chi connectivity index (χ1) is 10.6. The molecule has 0 aromatic carbocycles. The van der Waals surface area contributed by atoms with E-state index < -0.39 is 18.1 Å². The summed E-state index contributed by atoms with van der Waals surface area (Å²) in [5, 5.41) is 16.6. The molecule has 8 nitrogen and oxygen atoms in total. The van der Waals surface area contributed by atoms with Gasteiger partial charge >= 0.3 is 18.1 Å². The number of hydrogen-bond donors (Lipinski definition) is 3. The molecule has 2 heterocycles. The van der Waals surface area contributed by atoms with Crippen LogP contribution in [0.15, 0.2) is 18.6 Å². The van der Waals surface area contributed by atoms with Gasteiger partial charge in [-0.05, 0) is 6.07 Å². The van der Waals surface area contributed by atoms with Crippen molar-refractivity contribution in [3.63, 3.8) is 0 Å². The minimum atomic E-state index is -5.08. The highest BCUT2D eigenvalue weighted by atomic mass is 19.4. The number of anilines is 1. The Morgan fingerprint density at radius 1 is 1.30 bits per heavy atom. The molecule has 126 valence electrons. The van der Waals surface area contributed by atoms with Crippen molar-refractivity contribution in [3.05, 3.63) is 18.6 Å². The molecular formula is C12H13F3N4O4. The molecule has 3 N–H and O–H groups in total. The number of carboxylic acid groups (broad SMARTS) is 2. The molecule has 0 aliphatic heterocycles. The standard InChI is InChI=1S/C10H12N4O2.C2HF3O2/c1-14(5-3-8(15)16)10-7-2-4-11-9(7)12-6-13-10;3-2(4,5)1(6)7/h2,4,6H,3,5H2,1H3,(H,15,16)(H,11,12,13);(H,6,7). The summed E-state index contributed by atoms with van der Waals surface area (Å²) in [5.41, 5.74) is 0.757. The van der Waals surface area contributed by atoms with E-state index in [1.54, 1.807) is 6.20 Å². The fourth-order valence-electron chi connectivity index (χ4n) is 1.53. The Balaban J connectivity index is 0.000000322. The zero-order valence-electron chi connectivity index (χ0n) is 11.8. The first-order valence-electron chi connectivity index (χ1n) is 6.14. The van der Waals surface area contributed by atoms with Gasteiger partial charge in [0.2, 0.25) is 0 Å². The second-order valence-corrected chi connectivity index (χ2v) is 4.31. The van der Waals surface area contributed by atoms with Gasteiger partial charge in [-0.15, -0.1) is 0 Å². The maximum atomic E-state index is 10.6. The lowest BCUT2D eigenvalue weighted by Crippen LogP contribution is -2.22. The first-order valence-corrected chi connectivity index (χ1v) is 6.14. The Kier molecular flexibility index (Phi) is 5.87. The number of aromatic nitrogens is 3. The molecule has 0 bridgehead atoms. The van der Waals surface area contributed by atoms with Crippen molar-refractivity contribution in [1.29, 1.82) is 0 Å². The summed E-state index contributed by atoms with van der Waals surface area (Å²) in [6.45, 7) is 0.423. The molecular weight excluding hydrogens is 321 g/mol. The van der Waals surface area contributed by atoms with Crippen molar-refractivity contribution < 1.29 is 33.0 Å². The van der Waals surface area contributed by atoms with Crippen molar-refractivity contribution in [2.75, 3.05) is 18.5 Å². The van der Waals surface area contributed by atoms with E-state index in [0.717, 1.165) is 16.9 Å². The number of carbonyl (C=O) groups is 2. The molecule has 0 aliphatic carbocycles. The predicted octanol–water partition coefficient (Wildman–Crippen LogP) is 1.50. The zero-order valence-corrected chi connectivity index (χ0v) is 11.8. The van der Waals surface area contributed by atoms with E-state index in [9.17, 15) is 18.0 Å². The molecule has 0 spiro atoms. The van der Waals surface area contributed by atoms with Crippen LogP contribution in [-0.4, -0.2) is 56.9 Å². The maximum Gasteiger partial charge on any atom is 0.490 e. The summed E-state index contributed by atoms with van der Waals surface area (Å²) < 4.78 is 31.7. The van der Waals surface area contributed by atoms with Crippen LogP contribution in [0.5, 0.6) is 0 Å². The lowest BCUT2D eigenvalue weighted by atomic mass is 10.3. The summed E-state index contributed by atoms with van der Waals surface area (Å²) in [6, 6.07) is 1.88. The number of hydrogen-bond acceptors (Lipinski definition) is 5. The largest absolute Gasteiger partial charge is 0.490 e. The SMILES string of the molecule is CN(CCC(=O)O)c1ncnc2[nH]ccc12.O=C(O)C(F)(F)F. The number of halogens is 3. The summed E-state index contributed by atoms with van der Waals surface area (Å²) in [7, 11) is 1.82. The molecule has 0 saturated heterocycles. The second kappa shape index (κ2) is 7.42. The first kappa shape index (κ1) is 18.2. The minimum Gasteiger partial charge on any atom is -0.481 e. The lowest BCUT2D eigenvalue weighted by molar-refractivity contribution is -0.192. The van der Waals surface area contributed by atoms with Crippen LogP contribution in [0.1, 0.15) is 6.42 Å². The monoisotopic (exact) mass is 334 g/mol. The number of carboxylic acids is 2. The third-order valence-electron chi connectivity index (χ3n) is 2.60. The van der Waals surface area contributed by atoms with Gasteiger partial charge < -0.3 is 20.1 Å². The number of nitrogens with zero attached hydrogens (tertiary/aromatic N) is 3. The molecule has 0 saturated carbocycles. The molecule has 0 unspecified atom stereocenters. The van der Waals surface area contributed by atoms with Gasteiger partial charge in [0.15, 0.2) is 0 Å². The van der Waals surface area contributed by atoms with Crippen LogP contribution < -0.4 is 4.90 Å². The van der Waals surface area contributed by atoms with E-state index in [4.69, 9.17) is 15.0 Å². The van der Waals surface area contributed by atoms with Gasteiger partial charge in [-0.25, -0.2) is 14.8 Å². The average Bonchev–Trinajstić information content (AvgIpc) is 2.92. The highest BCUT2D eigenvalue weighted by molar-refractivity contribution is 5.87. The molecule has 23 heavy (non-hydrogen) atoms. The fraction of sp³-hybridized carbons (Fsp3) is 0.333. The number of H-pyrrole nitrogens is 1. The Morgan fingerprint density at radius 3 is 2.43 bits per heavy atom. The van der Waals surface area contributed by atoms with Gasteiger partial charge in [0.1, 0.15) is 17.8 Å². The average molecular weight is 334 g/mol. The summed E-state index contributed by atoms with van der Waals surface area (Å²) in [5.74, 6) is -2.83. The maximum absolute atomic E-state index is 10.6. The Labute approximate surface area is 127 Å². The third kappa shape index (κ3) is 5.45. The zero-order chi connectivity index (χ0) is 17.6. The summed E-state index contributed by atoms with van der Waals surface area (Å²) in [4.78, 5) is 32.4. The van der Waals surface area contributed by atoms with Gasteiger partial charge in [-0.3, -0.25) is 4.79 Å². The van der Waals surface area contributed by atoms with Crippen molar-refractivity contribution in [3.8, 4) is 0 Å². The van der Waals surface area contributed by atoms with Crippen LogP contribution in [0.2, 0.25) is 0 Å². The molecule has 2 aromatic rings. The van der Waals surface area contributed by atoms with Crippen LogP contribution in [-0.2, 0) is 9.59 Å². The summed E-state index contributed by atoms with van der Waals surface area (Å²) >= 11 is 0. The normalized spacial score (nSPS) is 10.8. The number of fused-ring (bicyclic) bond motifs is 1. The molecule has 11 heteroatoms. The lowest BCUT2D eigenvalue weighted by Gasteiger charge is -2.17. The Morgan fingerprint density at radius 2 is 1.91 bits per heavy atom. The van der Waals surface area contributed by atoms with Gasteiger partial charge in [-0.2, -0.15) is 13.2 Å². The van der Waals surface area contributed by atoms with Crippen molar-refractivity contribution in [2.45, 2.75) is 12.6 Å². The third-order valence-corrected chi connectivity index (χ3v) is 2.60. The number of rotatable bonds is 4. The molecule has 2 aromatic heterocycles. The molecule has 0 radical (unpaired) electrons. The number of alkyl halides is 3. The second-order valence-electron chi connectivity index (χ2n) is 4.31. The molecule has 0 amide bonds. The smallest absolute Gasteiger partial charge is 0.481 e. The van der Waals surface area contributed by atoms with E-state index in [1.807, 2.05) is 18.0 Å². The highest BCUT2D eigenvalue weighted by Crippen LogP contribution is 2.20. The highest BCUT2D eigenvalue weighted by Gasteiger charge is 2.38. The van der Waals surface area contributed by atoms with Crippen molar-refractivity contribution in [1.82, 2.24) is 15.0 Å². The van der Waals surface area contributed by atoms with Crippen molar-refractivity contribution in [2.24, 2.45) is 0 Å². The Bertz CT molecular complexity index is 686. The van der Waals surface area contributed by atoms with Gasteiger partial charge in [-0.1, -0.05) is 0 Å². The minimum absolute atomic E-state index is 0.0897. The molecule has 0 atom stereocenters. The van der Waals surface area contributed by atoms with Crippen LogP contribution >= 0.6 is 0 Å². The quantitative estimate of drug-likeness (QED) is 0.775. The van der Waals surface area contributed by atoms with Crippen LogP contribution in [0.25, 0.3) is 11.0 Å². The topological polar surface area (TPSA) is 119 Å².